The summed E-state index contributed by atoms with van der Waals surface area (Å²) in [5.41, 5.74) is -0.168. The molecule has 1 atom stereocenters. The second-order valence-electron chi connectivity index (χ2n) is 4.25. The van der Waals surface area contributed by atoms with E-state index in [0.717, 1.165) is 0 Å². The third kappa shape index (κ3) is 2.34. The number of para-hydroxylation sites is 1. The number of sulfone groups is 1. The van der Waals surface area contributed by atoms with Gasteiger partial charge >= 0.3 is 0 Å². The molecular formula is C12H11ClN2O4S. The lowest BCUT2D eigenvalue weighted by Crippen LogP contribution is -2.19. The quantitative estimate of drug-likeness (QED) is 0.491. The minimum absolute atomic E-state index is 0.0133. The number of hydrogen-bond acceptors (Lipinski definition) is 5. The average Bonchev–Trinajstić information content (AvgIpc) is 2.44. The zero-order chi connectivity index (χ0) is 14.9. The van der Waals surface area contributed by atoms with E-state index in [0.29, 0.717) is 0 Å². The van der Waals surface area contributed by atoms with Crippen molar-refractivity contribution in [2.24, 2.45) is 0 Å². The Morgan fingerprint density at radius 1 is 1.40 bits per heavy atom. The molecule has 106 valence electrons. The van der Waals surface area contributed by atoms with E-state index < -0.39 is 20.0 Å². The molecule has 0 bridgehead atoms. The summed E-state index contributed by atoms with van der Waals surface area (Å²) in [6.45, 7) is 1.49. The van der Waals surface area contributed by atoms with Crippen LogP contribution in [0.4, 0.5) is 5.69 Å². The van der Waals surface area contributed by atoms with Gasteiger partial charge in [-0.2, -0.15) is 0 Å². The van der Waals surface area contributed by atoms with E-state index in [9.17, 15) is 18.5 Å². The molecular weight excluding hydrogens is 304 g/mol. The lowest BCUT2D eigenvalue weighted by atomic mass is 10.2. The lowest BCUT2D eigenvalue weighted by molar-refractivity contribution is -0.383. The first-order chi connectivity index (χ1) is 9.39. The molecule has 0 fully saturated rings. The fourth-order valence-corrected chi connectivity index (χ4v) is 3.65. The van der Waals surface area contributed by atoms with E-state index in [2.05, 4.69) is 4.98 Å². The van der Waals surface area contributed by atoms with Gasteiger partial charge in [-0.1, -0.05) is 12.1 Å². The first kappa shape index (κ1) is 14.7. The van der Waals surface area contributed by atoms with Gasteiger partial charge in [-0.25, -0.2) is 13.4 Å². The van der Waals surface area contributed by atoms with Crippen molar-refractivity contribution in [3.63, 3.8) is 0 Å². The summed E-state index contributed by atoms with van der Waals surface area (Å²) in [7, 11) is -3.65. The molecule has 1 heterocycles. The summed E-state index contributed by atoms with van der Waals surface area (Å²) in [6.07, 6.45) is 1.25. The highest BCUT2D eigenvalue weighted by Gasteiger charge is 2.26. The molecule has 0 aliphatic rings. The van der Waals surface area contributed by atoms with Crippen molar-refractivity contribution in [2.75, 3.05) is 5.88 Å². The maximum Gasteiger partial charge on any atom is 0.295 e. The zero-order valence-electron chi connectivity index (χ0n) is 10.5. The van der Waals surface area contributed by atoms with Gasteiger partial charge in [0.1, 0.15) is 5.52 Å². The summed E-state index contributed by atoms with van der Waals surface area (Å²) in [5, 5.41) is 10.4. The van der Waals surface area contributed by atoms with Gasteiger partial charge in [0.05, 0.1) is 15.1 Å². The van der Waals surface area contributed by atoms with E-state index in [1.165, 1.54) is 37.4 Å². The number of hydrogen-bond donors (Lipinski definition) is 0. The number of nitrogens with zero attached hydrogens (tertiary/aromatic N) is 2. The highest BCUT2D eigenvalue weighted by Crippen LogP contribution is 2.30. The van der Waals surface area contributed by atoms with Gasteiger partial charge in [0.2, 0.25) is 0 Å². The van der Waals surface area contributed by atoms with Crippen molar-refractivity contribution in [3.05, 3.63) is 40.6 Å². The van der Waals surface area contributed by atoms with Gasteiger partial charge in [0, 0.05) is 23.5 Å². The van der Waals surface area contributed by atoms with Crippen LogP contribution in [-0.2, 0) is 9.84 Å². The van der Waals surface area contributed by atoms with Crippen molar-refractivity contribution in [1.82, 2.24) is 4.98 Å². The fourth-order valence-electron chi connectivity index (χ4n) is 1.83. The Morgan fingerprint density at radius 2 is 2.10 bits per heavy atom. The maximum atomic E-state index is 12.4. The molecule has 0 aliphatic carbocycles. The Hall–Kier alpha value is -1.73. The summed E-state index contributed by atoms with van der Waals surface area (Å²) in [5.74, 6) is -0.0545. The van der Waals surface area contributed by atoms with Crippen LogP contribution in [0.25, 0.3) is 10.9 Å². The van der Waals surface area contributed by atoms with Crippen molar-refractivity contribution >= 4 is 38.0 Å². The largest absolute Gasteiger partial charge is 0.295 e. The van der Waals surface area contributed by atoms with Gasteiger partial charge in [0.15, 0.2) is 9.84 Å². The standard InChI is InChI=1S/C12H11ClN2O4S/c1-8(7-13)20(18,19)11-5-6-14-12-9(11)3-2-4-10(12)15(16)17/h2-6,8H,7H2,1H3. The van der Waals surface area contributed by atoms with Crippen LogP contribution in [0.1, 0.15) is 6.92 Å². The Kier molecular flexibility index (Phi) is 3.92. The average molecular weight is 315 g/mol. The number of halogens is 1. The van der Waals surface area contributed by atoms with Crippen LogP contribution in [-0.4, -0.2) is 29.5 Å². The van der Waals surface area contributed by atoms with Crippen LogP contribution in [0.15, 0.2) is 35.4 Å². The summed E-state index contributed by atoms with van der Waals surface area (Å²) in [6, 6.07) is 5.57. The van der Waals surface area contributed by atoms with E-state index in [-0.39, 0.29) is 27.4 Å². The number of pyridine rings is 1. The summed E-state index contributed by atoms with van der Waals surface area (Å²) < 4.78 is 24.8. The second-order valence-corrected chi connectivity index (χ2v) is 6.89. The third-order valence-electron chi connectivity index (χ3n) is 2.96. The summed E-state index contributed by atoms with van der Waals surface area (Å²) in [4.78, 5) is 14.3. The molecule has 20 heavy (non-hydrogen) atoms. The number of non-ortho nitro benzene ring substituents is 1. The monoisotopic (exact) mass is 314 g/mol. The highest BCUT2D eigenvalue weighted by atomic mass is 35.5. The fraction of sp³-hybridized carbons (Fsp3) is 0.250. The number of nitro groups is 1. The van der Waals surface area contributed by atoms with Crippen LogP contribution in [0, 0.1) is 10.1 Å². The molecule has 6 nitrogen and oxygen atoms in total. The molecule has 1 aromatic carbocycles. The second kappa shape index (κ2) is 5.34. The van der Waals surface area contributed by atoms with Crippen LogP contribution < -0.4 is 0 Å². The Bertz CT molecular complexity index is 776. The first-order valence-electron chi connectivity index (χ1n) is 5.71. The van der Waals surface area contributed by atoms with Crippen molar-refractivity contribution < 1.29 is 13.3 Å². The van der Waals surface area contributed by atoms with E-state index >= 15 is 0 Å². The Balaban J connectivity index is 2.81. The van der Waals surface area contributed by atoms with Gasteiger partial charge in [-0.3, -0.25) is 10.1 Å². The van der Waals surface area contributed by atoms with Crippen molar-refractivity contribution in [1.29, 1.82) is 0 Å². The smallest absolute Gasteiger partial charge is 0.258 e. The van der Waals surface area contributed by atoms with Crippen molar-refractivity contribution in [2.45, 2.75) is 17.1 Å². The zero-order valence-corrected chi connectivity index (χ0v) is 12.1. The first-order valence-corrected chi connectivity index (χ1v) is 7.79. The Morgan fingerprint density at radius 3 is 2.70 bits per heavy atom. The molecule has 1 aromatic heterocycles. The highest BCUT2D eigenvalue weighted by molar-refractivity contribution is 7.92. The third-order valence-corrected chi connectivity index (χ3v) is 5.80. The van der Waals surface area contributed by atoms with E-state index in [1.807, 2.05) is 0 Å². The normalized spacial score (nSPS) is 13.3. The van der Waals surface area contributed by atoms with Crippen LogP contribution >= 0.6 is 11.6 Å². The lowest BCUT2D eigenvalue weighted by Gasteiger charge is -2.11. The van der Waals surface area contributed by atoms with Crippen LogP contribution in [0.2, 0.25) is 0 Å². The predicted octanol–water partition coefficient (Wildman–Crippen LogP) is 2.54. The SMILES string of the molecule is CC(CCl)S(=O)(=O)c1ccnc2c([N+](=O)[O-])cccc12. The number of alkyl halides is 1. The Labute approximate surface area is 120 Å². The molecule has 0 spiro atoms. The molecule has 8 heteroatoms. The molecule has 1 unspecified atom stereocenters. The topological polar surface area (TPSA) is 90.2 Å². The molecule has 0 amide bonds. The minimum Gasteiger partial charge on any atom is -0.258 e. The molecule has 0 N–H and O–H groups in total. The molecule has 0 saturated carbocycles. The van der Waals surface area contributed by atoms with Crippen LogP contribution in [0.5, 0.6) is 0 Å². The number of fused-ring (bicyclic) bond motifs is 1. The van der Waals surface area contributed by atoms with E-state index in [1.54, 1.807) is 0 Å². The molecule has 0 radical (unpaired) electrons. The molecule has 2 aromatic rings. The number of aromatic nitrogens is 1. The summed E-state index contributed by atoms with van der Waals surface area (Å²) >= 11 is 5.62. The maximum absolute atomic E-state index is 12.4. The number of nitro benzene ring substituents is 1. The minimum atomic E-state index is -3.65. The number of benzene rings is 1. The van der Waals surface area contributed by atoms with Crippen LogP contribution in [0.3, 0.4) is 0 Å². The van der Waals surface area contributed by atoms with Gasteiger partial charge in [-0.15, -0.1) is 11.6 Å². The van der Waals surface area contributed by atoms with Gasteiger partial charge in [0.25, 0.3) is 5.69 Å². The predicted molar refractivity (Wildman–Crippen MR) is 75.8 cm³/mol. The van der Waals surface area contributed by atoms with Gasteiger partial charge in [-0.05, 0) is 13.0 Å². The molecule has 2 rings (SSSR count). The van der Waals surface area contributed by atoms with Gasteiger partial charge < -0.3 is 0 Å². The molecule has 0 saturated heterocycles. The molecule has 0 aliphatic heterocycles. The van der Waals surface area contributed by atoms with E-state index in [4.69, 9.17) is 11.6 Å². The van der Waals surface area contributed by atoms with Crippen molar-refractivity contribution in [3.8, 4) is 0 Å². The number of rotatable bonds is 4.